The first-order valence-corrected chi connectivity index (χ1v) is 7.85. The molecule has 20 heavy (non-hydrogen) atoms. The summed E-state index contributed by atoms with van der Waals surface area (Å²) in [6, 6.07) is 7.94. The number of aromatic nitrogens is 2. The van der Waals surface area contributed by atoms with Gasteiger partial charge in [0.2, 0.25) is 5.28 Å². The lowest BCUT2D eigenvalue weighted by Crippen LogP contribution is -2.05. The first-order valence-electron chi connectivity index (χ1n) is 7.47. The lowest BCUT2D eigenvalue weighted by molar-refractivity contribution is 0.617. The van der Waals surface area contributed by atoms with E-state index in [-0.39, 0.29) is 0 Å². The molecule has 0 spiro atoms. The third-order valence-corrected chi connectivity index (χ3v) is 3.57. The molecular formula is C16H22ClN3. The van der Waals surface area contributed by atoms with Gasteiger partial charge in [0.15, 0.2) is 0 Å². The Morgan fingerprint density at radius 3 is 2.60 bits per heavy atom. The number of benzene rings is 1. The fourth-order valence-corrected chi connectivity index (χ4v) is 2.47. The van der Waals surface area contributed by atoms with Crippen molar-refractivity contribution >= 4 is 28.3 Å². The topological polar surface area (TPSA) is 37.8 Å². The van der Waals surface area contributed by atoms with E-state index in [1.165, 1.54) is 38.5 Å². The summed E-state index contributed by atoms with van der Waals surface area (Å²) in [5.74, 6) is 0.842. The van der Waals surface area contributed by atoms with Crippen molar-refractivity contribution in [2.45, 2.75) is 45.4 Å². The van der Waals surface area contributed by atoms with Crippen molar-refractivity contribution in [2.75, 3.05) is 11.9 Å². The first-order chi connectivity index (χ1) is 9.81. The zero-order chi connectivity index (χ0) is 14.2. The van der Waals surface area contributed by atoms with Gasteiger partial charge in [-0.3, -0.25) is 0 Å². The van der Waals surface area contributed by atoms with Crippen molar-refractivity contribution in [1.29, 1.82) is 0 Å². The number of nitrogens with zero attached hydrogens (tertiary/aromatic N) is 2. The van der Waals surface area contributed by atoms with Crippen LogP contribution in [0.5, 0.6) is 0 Å². The molecule has 108 valence electrons. The van der Waals surface area contributed by atoms with E-state index >= 15 is 0 Å². The van der Waals surface area contributed by atoms with Gasteiger partial charge in [-0.05, 0) is 30.2 Å². The minimum absolute atomic E-state index is 0.300. The summed E-state index contributed by atoms with van der Waals surface area (Å²) in [7, 11) is 0. The van der Waals surface area contributed by atoms with E-state index in [1.54, 1.807) is 0 Å². The second kappa shape index (κ2) is 8.05. The Kier molecular flexibility index (Phi) is 6.06. The molecule has 0 amide bonds. The van der Waals surface area contributed by atoms with Crippen molar-refractivity contribution < 1.29 is 0 Å². The van der Waals surface area contributed by atoms with Crippen LogP contribution >= 0.6 is 11.6 Å². The second-order valence-electron chi connectivity index (χ2n) is 5.05. The Hall–Kier alpha value is -1.35. The van der Waals surface area contributed by atoms with Gasteiger partial charge < -0.3 is 5.32 Å². The molecule has 0 saturated carbocycles. The monoisotopic (exact) mass is 291 g/mol. The Bertz CT molecular complexity index is 542. The Balaban J connectivity index is 1.86. The molecule has 0 radical (unpaired) electrons. The zero-order valence-electron chi connectivity index (χ0n) is 12.0. The van der Waals surface area contributed by atoms with Crippen LogP contribution in [0.15, 0.2) is 24.3 Å². The number of nitrogens with one attached hydrogen (secondary N) is 1. The highest BCUT2D eigenvalue weighted by Crippen LogP contribution is 2.21. The van der Waals surface area contributed by atoms with Gasteiger partial charge in [-0.15, -0.1) is 0 Å². The SMILES string of the molecule is CCCCCCCCNc1nc(Cl)nc2ccccc12. The van der Waals surface area contributed by atoms with Gasteiger partial charge in [-0.2, -0.15) is 0 Å². The van der Waals surface area contributed by atoms with E-state index in [4.69, 9.17) is 11.6 Å². The van der Waals surface area contributed by atoms with Crippen molar-refractivity contribution in [3.63, 3.8) is 0 Å². The third kappa shape index (κ3) is 4.34. The fourth-order valence-electron chi connectivity index (χ4n) is 2.30. The molecule has 0 aliphatic rings. The number of halogens is 1. The van der Waals surface area contributed by atoms with Gasteiger partial charge >= 0.3 is 0 Å². The molecule has 1 N–H and O–H groups in total. The largest absolute Gasteiger partial charge is 0.369 e. The molecule has 0 atom stereocenters. The average molecular weight is 292 g/mol. The summed E-state index contributed by atoms with van der Waals surface area (Å²) >= 11 is 5.96. The van der Waals surface area contributed by atoms with Crippen LogP contribution in [0.4, 0.5) is 5.82 Å². The van der Waals surface area contributed by atoms with Crippen LogP contribution < -0.4 is 5.32 Å². The number of hydrogen-bond acceptors (Lipinski definition) is 3. The maximum Gasteiger partial charge on any atom is 0.224 e. The summed E-state index contributed by atoms with van der Waals surface area (Å²) in [6.45, 7) is 3.18. The van der Waals surface area contributed by atoms with Crippen LogP contribution in [-0.4, -0.2) is 16.5 Å². The number of fused-ring (bicyclic) bond motifs is 1. The molecule has 0 saturated heterocycles. The van der Waals surface area contributed by atoms with Crippen molar-refractivity contribution in [2.24, 2.45) is 0 Å². The molecule has 0 fully saturated rings. The molecule has 0 unspecified atom stereocenters. The lowest BCUT2D eigenvalue weighted by atomic mass is 10.1. The van der Waals surface area contributed by atoms with Gasteiger partial charge in [0, 0.05) is 11.9 Å². The van der Waals surface area contributed by atoms with E-state index in [1.807, 2.05) is 24.3 Å². The highest BCUT2D eigenvalue weighted by Gasteiger charge is 2.05. The van der Waals surface area contributed by atoms with Crippen LogP contribution in [0.25, 0.3) is 10.9 Å². The number of unbranched alkanes of at least 4 members (excludes halogenated alkanes) is 5. The summed E-state index contributed by atoms with van der Waals surface area (Å²) in [5, 5.41) is 4.71. The van der Waals surface area contributed by atoms with E-state index in [0.717, 1.165) is 23.3 Å². The smallest absolute Gasteiger partial charge is 0.224 e. The Labute approximate surface area is 125 Å². The molecule has 1 aromatic heterocycles. The van der Waals surface area contributed by atoms with Crippen LogP contribution in [0.3, 0.4) is 0 Å². The van der Waals surface area contributed by atoms with E-state index in [0.29, 0.717) is 5.28 Å². The minimum Gasteiger partial charge on any atom is -0.369 e. The number of rotatable bonds is 8. The van der Waals surface area contributed by atoms with E-state index in [9.17, 15) is 0 Å². The number of hydrogen-bond donors (Lipinski definition) is 1. The quantitative estimate of drug-likeness (QED) is 0.546. The van der Waals surface area contributed by atoms with Crippen LogP contribution in [0, 0.1) is 0 Å². The standard InChI is InChI=1S/C16H22ClN3/c1-2-3-4-5-6-9-12-18-15-13-10-7-8-11-14(13)19-16(17)20-15/h7-8,10-11H,2-6,9,12H2,1H3,(H,18,19,20). The highest BCUT2D eigenvalue weighted by atomic mass is 35.5. The van der Waals surface area contributed by atoms with Crippen LogP contribution in [0.2, 0.25) is 5.28 Å². The molecule has 4 heteroatoms. The van der Waals surface area contributed by atoms with E-state index < -0.39 is 0 Å². The fraction of sp³-hybridized carbons (Fsp3) is 0.500. The number of para-hydroxylation sites is 1. The normalized spacial score (nSPS) is 10.9. The zero-order valence-corrected chi connectivity index (χ0v) is 12.8. The molecule has 0 bridgehead atoms. The first kappa shape index (κ1) is 15.0. The predicted molar refractivity (Wildman–Crippen MR) is 86.4 cm³/mol. The van der Waals surface area contributed by atoms with Crippen LogP contribution in [-0.2, 0) is 0 Å². The molecule has 0 aliphatic heterocycles. The summed E-state index contributed by atoms with van der Waals surface area (Å²) in [4.78, 5) is 8.52. The van der Waals surface area contributed by atoms with Crippen molar-refractivity contribution in [3.05, 3.63) is 29.5 Å². The van der Waals surface area contributed by atoms with Crippen LogP contribution in [0.1, 0.15) is 45.4 Å². The summed E-state index contributed by atoms with van der Waals surface area (Å²) in [6.07, 6.45) is 7.74. The van der Waals surface area contributed by atoms with E-state index in [2.05, 4.69) is 22.2 Å². The molecule has 1 heterocycles. The van der Waals surface area contributed by atoms with Crippen molar-refractivity contribution in [1.82, 2.24) is 9.97 Å². The van der Waals surface area contributed by atoms with Gasteiger partial charge in [-0.25, -0.2) is 9.97 Å². The Morgan fingerprint density at radius 1 is 1.00 bits per heavy atom. The molecule has 2 aromatic rings. The van der Waals surface area contributed by atoms with Crippen molar-refractivity contribution in [3.8, 4) is 0 Å². The maximum atomic E-state index is 5.96. The Morgan fingerprint density at radius 2 is 1.75 bits per heavy atom. The molecule has 0 aliphatic carbocycles. The van der Waals surface area contributed by atoms with Gasteiger partial charge in [-0.1, -0.05) is 51.2 Å². The molecule has 2 rings (SSSR count). The molecule has 1 aromatic carbocycles. The summed E-state index contributed by atoms with van der Waals surface area (Å²) < 4.78 is 0. The third-order valence-electron chi connectivity index (χ3n) is 3.40. The van der Waals surface area contributed by atoms with Gasteiger partial charge in [0.1, 0.15) is 5.82 Å². The molecule has 3 nitrogen and oxygen atoms in total. The lowest BCUT2D eigenvalue weighted by Gasteiger charge is -2.08. The average Bonchev–Trinajstić information content (AvgIpc) is 2.46. The summed E-state index contributed by atoms with van der Waals surface area (Å²) in [5.41, 5.74) is 0.887. The molecular weight excluding hydrogens is 270 g/mol. The number of anilines is 1. The predicted octanol–water partition coefficient (Wildman–Crippen LogP) is 5.06. The van der Waals surface area contributed by atoms with Gasteiger partial charge in [0.05, 0.1) is 5.52 Å². The second-order valence-corrected chi connectivity index (χ2v) is 5.39. The van der Waals surface area contributed by atoms with Gasteiger partial charge in [0.25, 0.3) is 0 Å². The highest BCUT2D eigenvalue weighted by molar-refractivity contribution is 6.28. The maximum absolute atomic E-state index is 5.96. The minimum atomic E-state index is 0.300.